The summed E-state index contributed by atoms with van der Waals surface area (Å²) in [4.78, 5) is 22.1. The van der Waals surface area contributed by atoms with Crippen LogP contribution in [0.5, 0.6) is 0 Å². The van der Waals surface area contributed by atoms with E-state index in [9.17, 15) is 9.59 Å². The quantitative estimate of drug-likeness (QED) is 0.711. The summed E-state index contributed by atoms with van der Waals surface area (Å²) < 4.78 is 4.73. The maximum absolute atomic E-state index is 11.5. The molecule has 0 radical (unpaired) electrons. The standard InChI is InChI=1S/C12H20O4S/c1-11(2,10(15)16-3)7-17-8-12(4-5-12)6-9(13)14/h4-8H2,1-3H3,(H,13,14). The van der Waals surface area contributed by atoms with Gasteiger partial charge in [-0.25, -0.2) is 0 Å². The van der Waals surface area contributed by atoms with Gasteiger partial charge in [0.05, 0.1) is 18.9 Å². The van der Waals surface area contributed by atoms with Crippen molar-refractivity contribution in [3.63, 3.8) is 0 Å². The third kappa shape index (κ3) is 4.22. The van der Waals surface area contributed by atoms with E-state index in [2.05, 4.69) is 0 Å². The van der Waals surface area contributed by atoms with Crippen LogP contribution in [0.4, 0.5) is 0 Å². The zero-order chi connectivity index (χ0) is 13.1. The third-order valence-electron chi connectivity index (χ3n) is 3.09. The highest BCUT2D eigenvalue weighted by atomic mass is 32.2. The highest BCUT2D eigenvalue weighted by molar-refractivity contribution is 7.99. The molecule has 0 aromatic heterocycles. The summed E-state index contributed by atoms with van der Waals surface area (Å²) in [6.07, 6.45) is 2.23. The number of rotatable bonds is 7. The molecule has 0 aromatic carbocycles. The minimum atomic E-state index is -0.727. The summed E-state index contributed by atoms with van der Waals surface area (Å²) in [6, 6.07) is 0. The molecular weight excluding hydrogens is 240 g/mol. The molecule has 17 heavy (non-hydrogen) atoms. The molecule has 0 spiro atoms. The predicted octanol–water partition coefficient (Wildman–Crippen LogP) is 2.17. The highest BCUT2D eigenvalue weighted by Gasteiger charge is 2.44. The molecule has 1 fully saturated rings. The molecule has 0 amide bonds. The second-order valence-corrected chi connectivity index (χ2v) is 6.42. The van der Waals surface area contributed by atoms with E-state index in [0.717, 1.165) is 18.6 Å². The molecule has 1 saturated carbocycles. The summed E-state index contributed by atoms with van der Waals surface area (Å²) in [5.74, 6) is 0.546. The summed E-state index contributed by atoms with van der Waals surface area (Å²) in [5, 5.41) is 8.79. The number of hydrogen-bond acceptors (Lipinski definition) is 4. The molecule has 1 N–H and O–H groups in total. The van der Waals surface area contributed by atoms with E-state index in [1.165, 1.54) is 7.11 Å². The Morgan fingerprint density at radius 1 is 1.41 bits per heavy atom. The Kier molecular flexibility index (Phi) is 4.47. The smallest absolute Gasteiger partial charge is 0.312 e. The molecule has 1 aliphatic rings. The fourth-order valence-electron chi connectivity index (χ4n) is 1.73. The first-order valence-corrected chi connectivity index (χ1v) is 6.85. The molecule has 0 aromatic rings. The number of methoxy groups -OCH3 is 1. The van der Waals surface area contributed by atoms with Crippen LogP contribution in [0.15, 0.2) is 0 Å². The zero-order valence-electron chi connectivity index (χ0n) is 10.6. The van der Waals surface area contributed by atoms with Crippen LogP contribution < -0.4 is 0 Å². The lowest BCUT2D eigenvalue weighted by molar-refractivity contribution is -0.149. The lowest BCUT2D eigenvalue weighted by Gasteiger charge is -2.22. The van der Waals surface area contributed by atoms with Gasteiger partial charge in [-0.3, -0.25) is 9.59 Å². The number of carboxylic acids is 1. The van der Waals surface area contributed by atoms with Crippen LogP contribution >= 0.6 is 11.8 Å². The molecular formula is C12H20O4S. The monoisotopic (exact) mass is 260 g/mol. The van der Waals surface area contributed by atoms with Gasteiger partial charge in [-0.15, -0.1) is 0 Å². The summed E-state index contributed by atoms with van der Waals surface area (Å²) in [7, 11) is 1.39. The molecule has 0 atom stereocenters. The number of thioether (sulfide) groups is 1. The number of hydrogen-bond donors (Lipinski definition) is 1. The van der Waals surface area contributed by atoms with Crippen LogP contribution in [0.3, 0.4) is 0 Å². The molecule has 0 aliphatic heterocycles. The van der Waals surface area contributed by atoms with Crippen LogP contribution in [0.2, 0.25) is 0 Å². The topological polar surface area (TPSA) is 63.6 Å². The van der Waals surface area contributed by atoms with Gasteiger partial charge in [0.25, 0.3) is 0 Å². The first-order chi connectivity index (χ1) is 7.81. The maximum atomic E-state index is 11.5. The lowest BCUT2D eigenvalue weighted by atomic mass is 9.97. The molecule has 0 bridgehead atoms. The van der Waals surface area contributed by atoms with Crippen LogP contribution in [0.25, 0.3) is 0 Å². The second kappa shape index (κ2) is 5.29. The maximum Gasteiger partial charge on any atom is 0.312 e. The van der Waals surface area contributed by atoms with Crippen LogP contribution in [0.1, 0.15) is 33.1 Å². The highest BCUT2D eigenvalue weighted by Crippen LogP contribution is 2.51. The molecule has 1 aliphatic carbocycles. The largest absolute Gasteiger partial charge is 0.481 e. The zero-order valence-corrected chi connectivity index (χ0v) is 11.4. The number of carbonyl (C=O) groups is 2. The van der Waals surface area contributed by atoms with Crippen molar-refractivity contribution < 1.29 is 19.4 Å². The molecule has 5 heteroatoms. The SMILES string of the molecule is COC(=O)C(C)(C)CSCC1(CC(=O)O)CC1. The van der Waals surface area contributed by atoms with Crippen LogP contribution in [-0.4, -0.2) is 35.7 Å². The van der Waals surface area contributed by atoms with Crippen molar-refractivity contribution in [2.24, 2.45) is 10.8 Å². The molecule has 1 rings (SSSR count). The van der Waals surface area contributed by atoms with Crippen molar-refractivity contribution in [2.45, 2.75) is 33.1 Å². The number of carboxylic acid groups (broad SMARTS) is 1. The van der Waals surface area contributed by atoms with Crippen molar-refractivity contribution >= 4 is 23.7 Å². The Morgan fingerprint density at radius 2 is 2.00 bits per heavy atom. The first kappa shape index (κ1) is 14.4. The van der Waals surface area contributed by atoms with Gasteiger partial charge in [-0.05, 0) is 37.9 Å². The van der Waals surface area contributed by atoms with Gasteiger partial charge in [0.1, 0.15) is 0 Å². The average Bonchev–Trinajstić information content (AvgIpc) is 2.95. The van der Waals surface area contributed by atoms with Crippen LogP contribution in [-0.2, 0) is 14.3 Å². The fraction of sp³-hybridized carbons (Fsp3) is 0.833. The van der Waals surface area contributed by atoms with E-state index in [0.29, 0.717) is 5.75 Å². The third-order valence-corrected chi connectivity index (χ3v) is 4.83. The normalized spacial score (nSPS) is 17.6. The summed E-state index contributed by atoms with van der Waals surface area (Å²) in [5.41, 5.74) is -0.512. The molecule has 0 unspecified atom stereocenters. The van der Waals surface area contributed by atoms with Gasteiger partial charge in [-0.2, -0.15) is 11.8 Å². The molecule has 98 valence electrons. The molecule has 0 heterocycles. The number of ether oxygens (including phenoxy) is 1. The van der Waals surface area contributed by atoms with Crippen LogP contribution in [0, 0.1) is 10.8 Å². The van der Waals surface area contributed by atoms with Crippen molar-refractivity contribution in [3.8, 4) is 0 Å². The Hall–Kier alpha value is -0.710. The molecule has 4 nitrogen and oxygen atoms in total. The first-order valence-electron chi connectivity index (χ1n) is 5.69. The Balaban J connectivity index is 2.33. The van der Waals surface area contributed by atoms with E-state index in [-0.39, 0.29) is 17.8 Å². The second-order valence-electron chi connectivity index (χ2n) is 5.44. The minimum Gasteiger partial charge on any atom is -0.481 e. The van der Waals surface area contributed by atoms with Crippen molar-refractivity contribution in [2.75, 3.05) is 18.6 Å². The molecule has 0 saturated heterocycles. The summed E-state index contributed by atoms with van der Waals surface area (Å²) in [6.45, 7) is 3.70. The van der Waals surface area contributed by atoms with Gasteiger partial charge in [0.15, 0.2) is 0 Å². The minimum absolute atomic E-state index is 0.0112. The van der Waals surface area contributed by atoms with Gasteiger partial charge < -0.3 is 9.84 Å². The number of aliphatic carboxylic acids is 1. The predicted molar refractivity (Wildman–Crippen MR) is 67.0 cm³/mol. The average molecular weight is 260 g/mol. The number of esters is 1. The van der Waals surface area contributed by atoms with Gasteiger partial charge in [-0.1, -0.05) is 0 Å². The van der Waals surface area contributed by atoms with Crippen molar-refractivity contribution in [3.05, 3.63) is 0 Å². The van der Waals surface area contributed by atoms with Gasteiger partial charge in [0, 0.05) is 5.75 Å². The van der Waals surface area contributed by atoms with E-state index in [1.807, 2.05) is 13.8 Å². The Morgan fingerprint density at radius 3 is 2.41 bits per heavy atom. The van der Waals surface area contributed by atoms with E-state index in [4.69, 9.17) is 9.84 Å². The number of carbonyl (C=O) groups excluding carboxylic acids is 1. The summed E-state index contributed by atoms with van der Waals surface area (Å²) >= 11 is 1.65. The van der Waals surface area contributed by atoms with Gasteiger partial charge >= 0.3 is 11.9 Å². The van der Waals surface area contributed by atoms with Crippen molar-refractivity contribution in [1.82, 2.24) is 0 Å². The Labute approximate surface area is 106 Å². The van der Waals surface area contributed by atoms with E-state index < -0.39 is 11.4 Å². The van der Waals surface area contributed by atoms with E-state index in [1.54, 1.807) is 11.8 Å². The van der Waals surface area contributed by atoms with E-state index >= 15 is 0 Å². The fourth-order valence-corrected chi connectivity index (χ4v) is 3.28. The lowest BCUT2D eigenvalue weighted by Crippen LogP contribution is -2.28. The Bertz CT molecular complexity index is 308. The van der Waals surface area contributed by atoms with Crippen molar-refractivity contribution in [1.29, 1.82) is 0 Å². The van der Waals surface area contributed by atoms with Gasteiger partial charge in [0.2, 0.25) is 0 Å².